The lowest BCUT2D eigenvalue weighted by Gasteiger charge is -2.12. The number of aromatic nitrogens is 2. The number of hydrogen-bond donors (Lipinski definition) is 3. The fourth-order valence-corrected chi connectivity index (χ4v) is 1.48. The minimum atomic E-state index is -4.54. The molecule has 0 atom stereocenters. The Bertz CT molecular complexity index is 606. The van der Waals surface area contributed by atoms with Crippen LogP contribution in [0.2, 0.25) is 0 Å². The van der Waals surface area contributed by atoms with Gasteiger partial charge >= 0.3 is 6.18 Å². The topological polar surface area (TPSA) is 83.8 Å². The van der Waals surface area contributed by atoms with Crippen molar-refractivity contribution in [2.75, 3.05) is 11.1 Å². The van der Waals surface area contributed by atoms with Gasteiger partial charge in [-0.3, -0.25) is 9.89 Å². The Morgan fingerprint density at radius 1 is 1.32 bits per heavy atom. The number of anilines is 2. The second kappa shape index (κ2) is 4.63. The maximum absolute atomic E-state index is 12.7. The number of benzene rings is 1. The number of hydrogen-bond acceptors (Lipinski definition) is 3. The summed E-state index contributed by atoms with van der Waals surface area (Å²) >= 11 is 0. The summed E-state index contributed by atoms with van der Waals surface area (Å²) in [6, 6.07) is 5.92. The van der Waals surface area contributed by atoms with Crippen LogP contribution in [-0.2, 0) is 6.18 Å². The quantitative estimate of drug-likeness (QED) is 0.782. The second-order valence-corrected chi connectivity index (χ2v) is 3.70. The lowest BCUT2D eigenvalue weighted by atomic mass is 10.1. The number of nitrogen functional groups attached to an aromatic ring is 1. The Balaban J connectivity index is 2.27. The predicted octanol–water partition coefficient (Wildman–Crippen LogP) is 2.26. The fourth-order valence-electron chi connectivity index (χ4n) is 1.48. The monoisotopic (exact) mass is 270 g/mol. The number of nitrogens with one attached hydrogen (secondary N) is 2. The third kappa shape index (κ3) is 2.84. The number of amides is 1. The summed E-state index contributed by atoms with van der Waals surface area (Å²) in [5.74, 6) is -0.671. The number of rotatable bonds is 2. The van der Waals surface area contributed by atoms with Gasteiger partial charge < -0.3 is 11.1 Å². The molecule has 0 radical (unpaired) electrons. The lowest BCUT2D eigenvalue weighted by Crippen LogP contribution is -2.16. The molecule has 1 aromatic carbocycles. The van der Waals surface area contributed by atoms with Gasteiger partial charge in [-0.15, -0.1) is 0 Å². The summed E-state index contributed by atoms with van der Waals surface area (Å²) in [6.45, 7) is 0. The van der Waals surface area contributed by atoms with Crippen LogP contribution in [0.3, 0.4) is 0 Å². The van der Waals surface area contributed by atoms with Gasteiger partial charge in [-0.2, -0.15) is 18.3 Å². The zero-order chi connectivity index (χ0) is 14.0. The minimum Gasteiger partial charge on any atom is -0.382 e. The first-order valence-corrected chi connectivity index (χ1v) is 5.16. The second-order valence-electron chi connectivity index (χ2n) is 3.70. The molecule has 0 aliphatic carbocycles. The van der Waals surface area contributed by atoms with Crippen molar-refractivity contribution >= 4 is 17.4 Å². The molecule has 0 aliphatic heterocycles. The molecule has 0 bridgehead atoms. The van der Waals surface area contributed by atoms with E-state index in [1.807, 2.05) is 0 Å². The molecule has 0 saturated carbocycles. The van der Waals surface area contributed by atoms with Crippen LogP contribution in [0.4, 0.5) is 24.7 Å². The number of H-pyrrole nitrogens is 1. The van der Waals surface area contributed by atoms with Crippen molar-refractivity contribution in [1.82, 2.24) is 10.2 Å². The Morgan fingerprint density at radius 2 is 2.00 bits per heavy atom. The van der Waals surface area contributed by atoms with E-state index in [-0.39, 0.29) is 17.2 Å². The Labute approximate surface area is 105 Å². The third-order valence-corrected chi connectivity index (χ3v) is 2.32. The SMILES string of the molecule is Nc1cc(C(=O)Nc2ccccc2C(F)(F)F)[nH]n1. The zero-order valence-corrected chi connectivity index (χ0v) is 9.45. The van der Waals surface area contributed by atoms with E-state index in [9.17, 15) is 18.0 Å². The molecule has 5 nitrogen and oxygen atoms in total. The fraction of sp³-hybridized carbons (Fsp3) is 0.0909. The number of carbonyl (C=O) groups is 1. The highest BCUT2D eigenvalue weighted by atomic mass is 19.4. The largest absolute Gasteiger partial charge is 0.418 e. The van der Waals surface area contributed by atoms with Crippen molar-refractivity contribution in [2.24, 2.45) is 0 Å². The summed E-state index contributed by atoms with van der Waals surface area (Å²) in [5, 5.41) is 8.00. The number of para-hydroxylation sites is 1. The van der Waals surface area contributed by atoms with Gasteiger partial charge in [0, 0.05) is 6.07 Å². The van der Waals surface area contributed by atoms with Gasteiger partial charge in [0.1, 0.15) is 11.5 Å². The molecule has 2 rings (SSSR count). The van der Waals surface area contributed by atoms with Crippen molar-refractivity contribution in [3.63, 3.8) is 0 Å². The third-order valence-electron chi connectivity index (χ3n) is 2.32. The molecule has 0 aliphatic rings. The molecular weight excluding hydrogens is 261 g/mol. The number of nitrogens with two attached hydrogens (primary N) is 1. The number of halogens is 3. The van der Waals surface area contributed by atoms with Crippen LogP contribution in [0.5, 0.6) is 0 Å². The van der Waals surface area contributed by atoms with Gasteiger partial charge in [0.15, 0.2) is 0 Å². The van der Waals surface area contributed by atoms with Gasteiger partial charge in [0.25, 0.3) is 5.91 Å². The molecule has 2 aromatic rings. The highest BCUT2D eigenvalue weighted by Crippen LogP contribution is 2.34. The first kappa shape index (κ1) is 12.9. The van der Waals surface area contributed by atoms with Gasteiger partial charge in [0.2, 0.25) is 0 Å². The van der Waals surface area contributed by atoms with E-state index in [2.05, 4.69) is 15.5 Å². The van der Waals surface area contributed by atoms with Gasteiger partial charge in [-0.1, -0.05) is 12.1 Å². The number of nitrogens with zero attached hydrogens (tertiary/aromatic N) is 1. The standard InChI is InChI=1S/C11H9F3N4O/c12-11(13,14)6-3-1-2-4-7(6)16-10(19)8-5-9(15)18-17-8/h1-5H,(H,16,19)(H3,15,17,18). The summed E-state index contributed by atoms with van der Waals surface area (Å²) in [7, 11) is 0. The summed E-state index contributed by atoms with van der Waals surface area (Å²) in [5.41, 5.74) is 4.04. The average Bonchev–Trinajstić information content (AvgIpc) is 2.75. The molecule has 0 unspecified atom stereocenters. The first-order valence-electron chi connectivity index (χ1n) is 5.16. The van der Waals surface area contributed by atoms with Crippen molar-refractivity contribution in [1.29, 1.82) is 0 Å². The zero-order valence-electron chi connectivity index (χ0n) is 9.45. The minimum absolute atomic E-state index is 0.0190. The van der Waals surface area contributed by atoms with E-state index < -0.39 is 17.6 Å². The molecule has 100 valence electrons. The van der Waals surface area contributed by atoms with Crippen LogP contribution < -0.4 is 11.1 Å². The maximum atomic E-state index is 12.7. The van der Waals surface area contributed by atoms with Crippen LogP contribution in [0.15, 0.2) is 30.3 Å². The molecule has 8 heteroatoms. The molecular formula is C11H9F3N4O. The van der Waals surface area contributed by atoms with Crippen molar-refractivity contribution in [3.8, 4) is 0 Å². The van der Waals surface area contributed by atoms with E-state index in [0.29, 0.717) is 0 Å². The van der Waals surface area contributed by atoms with Crippen LogP contribution in [0.25, 0.3) is 0 Å². The number of alkyl halides is 3. The van der Waals surface area contributed by atoms with E-state index in [1.54, 1.807) is 0 Å². The van der Waals surface area contributed by atoms with Crippen molar-refractivity contribution in [3.05, 3.63) is 41.6 Å². The predicted molar refractivity (Wildman–Crippen MR) is 62.4 cm³/mol. The summed E-state index contributed by atoms with van der Waals surface area (Å²) in [4.78, 5) is 11.7. The van der Waals surface area contributed by atoms with E-state index in [4.69, 9.17) is 5.73 Å². The van der Waals surface area contributed by atoms with Gasteiger partial charge in [-0.05, 0) is 12.1 Å². The van der Waals surface area contributed by atoms with Crippen molar-refractivity contribution in [2.45, 2.75) is 6.18 Å². The molecule has 1 heterocycles. The highest BCUT2D eigenvalue weighted by molar-refractivity contribution is 6.03. The normalized spacial score (nSPS) is 11.3. The highest BCUT2D eigenvalue weighted by Gasteiger charge is 2.33. The van der Waals surface area contributed by atoms with Gasteiger partial charge in [0.05, 0.1) is 11.3 Å². The maximum Gasteiger partial charge on any atom is 0.418 e. The van der Waals surface area contributed by atoms with Crippen LogP contribution in [-0.4, -0.2) is 16.1 Å². The summed E-state index contributed by atoms with van der Waals surface area (Å²) in [6.07, 6.45) is -4.54. The number of carbonyl (C=O) groups excluding carboxylic acids is 1. The molecule has 4 N–H and O–H groups in total. The Hall–Kier alpha value is -2.51. The smallest absolute Gasteiger partial charge is 0.382 e. The van der Waals surface area contributed by atoms with Crippen LogP contribution >= 0.6 is 0 Å². The van der Waals surface area contributed by atoms with Crippen molar-refractivity contribution < 1.29 is 18.0 Å². The Morgan fingerprint density at radius 3 is 2.58 bits per heavy atom. The number of aromatic amines is 1. The molecule has 0 spiro atoms. The Kier molecular flexibility index (Phi) is 3.16. The van der Waals surface area contributed by atoms with E-state index >= 15 is 0 Å². The van der Waals surface area contributed by atoms with E-state index in [0.717, 1.165) is 6.07 Å². The van der Waals surface area contributed by atoms with Crippen LogP contribution in [0.1, 0.15) is 16.1 Å². The van der Waals surface area contributed by atoms with E-state index in [1.165, 1.54) is 24.3 Å². The molecule has 19 heavy (non-hydrogen) atoms. The van der Waals surface area contributed by atoms with Crippen LogP contribution in [0, 0.1) is 0 Å². The molecule has 0 saturated heterocycles. The molecule has 1 amide bonds. The molecule has 0 fully saturated rings. The molecule has 1 aromatic heterocycles. The first-order chi connectivity index (χ1) is 8.88. The van der Waals surface area contributed by atoms with Gasteiger partial charge in [-0.25, -0.2) is 0 Å². The lowest BCUT2D eigenvalue weighted by molar-refractivity contribution is -0.136. The average molecular weight is 270 g/mol. The summed E-state index contributed by atoms with van der Waals surface area (Å²) < 4.78 is 38.1.